The Kier molecular flexibility index (Phi) is 3.65. The summed E-state index contributed by atoms with van der Waals surface area (Å²) in [7, 11) is 0. The highest BCUT2D eigenvalue weighted by atomic mass is 16.4. The van der Waals surface area contributed by atoms with Crippen LogP contribution in [0.2, 0.25) is 0 Å². The van der Waals surface area contributed by atoms with Crippen molar-refractivity contribution >= 4 is 11.9 Å². The van der Waals surface area contributed by atoms with Gasteiger partial charge in [-0.25, -0.2) is 0 Å². The van der Waals surface area contributed by atoms with Gasteiger partial charge < -0.3 is 10.0 Å². The fraction of sp³-hybridized carbons (Fsp3) is 0.429. The predicted molar refractivity (Wildman–Crippen MR) is 66.9 cm³/mol. The Balaban J connectivity index is 2.36. The molecule has 96 valence electrons. The minimum Gasteiger partial charge on any atom is -0.481 e. The lowest BCUT2D eigenvalue weighted by Crippen LogP contribution is -2.31. The van der Waals surface area contributed by atoms with Crippen LogP contribution in [0.1, 0.15) is 31.4 Å². The Morgan fingerprint density at radius 1 is 1.39 bits per heavy atom. The summed E-state index contributed by atoms with van der Waals surface area (Å²) in [5.74, 6) is -1.58. The second-order valence-electron chi connectivity index (χ2n) is 4.59. The molecule has 1 saturated heterocycles. The fourth-order valence-electron chi connectivity index (χ4n) is 2.58. The summed E-state index contributed by atoms with van der Waals surface area (Å²) in [6.45, 7) is 2.60. The Bertz CT molecular complexity index is 444. The quantitative estimate of drug-likeness (QED) is 0.886. The highest BCUT2D eigenvalue weighted by molar-refractivity contribution is 5.87. The molecule has 1 N–H and O–H groups in total. The van der Waals surface area contributed by atoms with Crippen LogP contribution in [0.5, 0.6) is 0 Å². The molecule has 0 aliphatic carbocycles. The summed E-state index contributed by atoms with van der Waals surface area (Å²) in [5.41, 5.74) is 0.907. The number of rotatable bonds is 4. The molecule has 0 radical (unpaired) electrons. The van der Waals surface area contributed by atoms with E-state index >= 15 is 0 Å². The van der Waals surface area contributed by atoms with E-state index in [9.17, 15) is 14.7 Å². The van der Waals surface area contributed by atoms with Gasteiger partial charge in [-0.1, -0.05) is 37.3 Å². The number of amides is 1. The number of nitrogens with zero attached hydrogens (tertiary/aromatic N) is 1. The molecular weight excluding hydrogens is 230 g/mol. The summed E-state index contributed by atoms with van der Waals surface area (Å²) >= 11 is 0. The van der Waals surface area contributed by atoms with Crippen molar-refractivity contribution in [3.05, 3.63) is 35.9 Å². The fourth-order valence-corrected chi connectivity index (χ4v) is 2.58. The lowest BCUT2D eigenvalue weighted by molar-refractivity contribution is -0.142. The predicted octanol–water partition coefficient (Wildman–Crippen LogP) is 2.07. The van der Waals surface area contributed by atoms with Gasteiger partial charge in [0.25, 0.3) is 0 Å². The van der Waals surface area contributed by atoms with E-state index in [1.807, 2.05) is 37.3 Å². The van der Waals surface area contributed by atoms with Crippen molar-refractivity contribution < 1.29 is 14.7 Å². The number of carboxylic acid groups (broad SMARTS) is 1. The number of benzene rings is 1. The summed E-state index contributed by atoms with van der Waals surface area (Å²) in [5, 5.41) is 9.27. The summed E-state index contributed by atoms with van der Waals surface area (Å²) < 4.78 is 0. The molecule has 1 aromatic carbocycles. The molecular formula is C14H17NO3. The first-order valence-electron chi connectivity index (χ1n) is 6.22. The van der Waals surface area contributed by atoms with Crippen LogP contribution >= 0.6 is 0 Å². The van der Waals surface area contributed by atoms with Crippen LogP contribution in [0.3, 0.4) is 0 Å². The smallest absolute Gasteiger partial charge is 0.309 e. The first-order chi connectivity index (χ1) is 8.65. The topological polar surface area (TPSA) is 57.6 Å². The van der Waals surface area contributed by atoms with E-state index in [0.29, 0.717) is 6.54 Å². The second kappa shape index (κ2) is 5.21. The SMILES string of the molecule is CCCN1C(=O)C[C@@H](C(=O)O)[C@@H]1c1ccccc1. The van der Waals surface area contributed by atoms with Gasteiger partial charge >= 0.3 is 5.97 Å². The van der Waals surface area contributed by atoms with E-state index in [1.165, 1.54) is 0 Å². The standard InChI is InChI=1S/C14H17NO3/c1-2-8-15-12(16)9-11(14(17)18)13(15)10-6-4-3-5-7-10/h3-7,11,13H,2,8-9H2,1H3,(H,17,18)/t11-,13+/m1/s1. The van der Waals surface area contributed by atoms with Crippen molar-refractivity contribution in [1.29, 1.82) is 0 Å². The average Bonchev–Trinajstić information content (AvgIpc) is 2.69. The van der Waals surface area contributed by atoms with E-state index in [4.69, 9.17) is 0 Å². The monoisotopic (exact) mass is 247 g/mol. The van der Waals surface area contributed by atoms with Crippen LogP contribution in [0.25, 0.3) is 0 Å². The van der Waals surface area contributed by atoms with Gasteiger partial charge in [-0.15, -0.1) is 0 Å². The molecule has 1 fully saturated rings. The van der Waals surface area contributed by atoms with Crippen LogP contribution in [-0.2, 0) is 9.59 Å². The van der Waals surface area contributed by atoms with Gasteiger partial charge in [0.15, 0.2) is 0 Å². The number of likely N-dealkylation sites (tertiary alicyclic amines) is 1. The van der Waals surface area contributed by atoms with E-state index in [2.05, 4.69) is 0 Å². The maximum atomic E-state index is 11.9. The van der Waals surface area contributed by atoms with Gasteiger partial charge in [0.1, 0.15) is 0 Å². The number of hydrogen-bond acceptors (Lipinski definition) is 2. The number of carbonyl (C=O) groups is 2. The molecule has 4 nitrogen and oxygen atoms in total. The molecule has 2 rings (SSSR count). The van der Waals surface area contributed by atoms with E-state index in [1.54, 1.807) is 4.90 Å². The molecule has 2 atom stereocenters. The third-order valence-corrected chi connectivity index (χ3v) is 3.35. The molecule has 0 aromatic heterocycles. The normalized spacial score (nSPS) is 23.4. The zero-order valence-corrected chi connectivity index (χ0v) is 10.4. The largest absolute Gasteiger partial charge is 0.481 e. The van der Waals surface area contributed by atoms with E-state index in [-0.39, 0.29) is 18.4 Å². The zero-order valence-electron chi connectivity index (χ0n) is 10.4. The molecule has 1 aliphatic heterocycles. The molecule has 0 unspecified atom stereocenters. The molecule has 4 heteroatoms. The molecule has 1 aromatic rings. The van der Waals surface area contributed by atoms with E-state index in [0.717, 1.165) is 12.0 Å². The van der Waals surface area contributed by atoms with Crippen LogP contribution in [0, 0.1) is 5.92 Å². The van der Waals surface area contributed by atoms with Gasteiger partial charge in [0.05, 0.1) is 12.0 Å². The molecule has 1 aliphatic rings. The summed E-state index contributed by atoms with van der Waals surface area (Å²) in [4.78, 5) is 24.9. The lowest BCUT2D eigenvalue weighted by Gasteiger charge is -2.26. The molecule has 18 heavy (non-hydrogen) atoms. The molecule has 0 saturated carbocycles. The molecule has 0 spiro atoms. The first kappa shape index (κ1) is 12.6. The average molecular weight is 247 g/mol. The Labute approximate surface area is 106 Å². The minimum absolute atomic E-state index is 0.0573. The first-order valence-corrected chi connectivity index (χ1v) is 6.22. The third-order valence-electron chi connectivity index (χ3n) is 3.35. The van der Waals surface area contributed by atoms with Gasteiger partial charge in [0, 0.05) is 13.0 Å². The van der Waals surface area contributed by atoms with Crippen LogP contribution < -0.4 is 0 Å². The van der Waals surface area contributed by atoms with Crippen molar-refractivity contribution in [2.24, 2.45) is 5.92 Å². The van der Waals surface area contributed by atoms with E-state index < -0.39 is 11.9 Å². The second-order valence-corrected chi connectivity index (χ2v) is 4.59. The van der Waals surface area contributed by atoms with Crippen molar-refractivity contribution in [1.82, 2.24) is 4.90 Å². The minimum atomic E-state index is -0.893. The van der Waals surface area contributed by atoms with Gasteiger partial charge in [-0.05, 0) is 12.0 Å². The number of carbonyl (C=O) groups excluding carboxylic acids is 1. The zero-order chi connectivity index (χ0) is 13.1. The van der Waals surface area contributed by atoms with Gasteiger partial charge in [-0.3, -0.25) is 9.59 Å². The van der Waals surface area contributed by atoms with Crippen molar-refractivity contribution in [2.45, 2.75) is 25.8 Å². The number of aliphatic carboxylic acids is 1. The van der Waals surface area contributed by atoms with Crippen molar-refractivity contribution in [2.75, 3.05) is 6.54 Å². The van der Waals surface area contributed by atoms with Gasteiger partial charge in [0.2, 0.25) is 5.91 Å². The third kappa shape index (κ3) is 2.23. The Morgan fingerprint density at radius 2 is 2.06 bits per heavy atom. The lowest BCUT2D eigenvalue weighted by atomic mass is 9.94. The van der Waals surface area contributed by atoms with Crippen LogP contribution in [-0.4, -0.2) is 28.4 Å². The summed E-state index contributed by atoms with van der Waals surface area (Å²) in [6, 6.07) is 9.10. The molecule has 0 bridgehead atoms. The Morgan fingerprint density at radius 3 is 2.61 bits per heavy atom. The highest BCUT2D eigenvalue weighted by Crippen LogP contribution is 2.38. The maximum Gasteiger partial charge on any atom is 0.309 e. The van der Waals surface area contributed by atoms with Crippen LogP contribution in [0.4, 0.5) is 0 Å². The number of hydrogen-bond donors (Lipinski definition) is 1. The molecule has 1 heterocycles. The number of carboxylic acids is 1. The van der Waals surface area contributed by atoms with Crippen molar-refractivity contribution in [3.8, 4) is 0 Å². The highest BCUT2D eigenvalue weighted by Gasteiger charge is 2.43. The van der Waals surface area contributed by atoms with Gasteiger partial charge in [-0.2, -0.15) is 0 Å². The molecule has 1 amide bonds. The van der Waals surface area contributed by atoms with Crippen molar-refractivity contribution in [3.63, 3.8) is 0 Å². The summed E-state index contributed by atoms with van der Waals surface area (Å²) in [6.07, 6.45) is 0.941. The van der Waals surface area contributed by atoms with Crippen LogP contribution in [0.15, 0.2) is 30.3 Å². The maximum absolute atomic E-state index is 11.9. The Hall–Kier alpha value is -1.84.